The van der Waals surface area contributed by atoms with Crippen LogP contribution in [0, 0.1) is 11.7 Å². The minimum Gasteiger partial charge on any atom is -0.329 e. The lowest BCUT2D eigenvalue weighted by molar-refractivity contribution is 0.132. The molecule has 2 N–H and O–H groups in total. The van der Waals surface area contributed by atoms with Crippen molar-refractivity contribution < 1.29 is 4.39 Å². The summed E-state index contributed by atoms with van der Waals surface area (Å²) in [6.07, 6.45) is 2.51. The van der Waals surface area contributed by atoms with Crippen molar-refractivity contribution >= 4 is 15.9 Å². The van der Waals surface area contributed by atoms with Gasteiger partial charge in [0.1, 0.15) is 5.82 Å². The fourth-order valence-electron chi connectivity index (χ4n) is 2.75. The standard InChI is InChI=1S/C14H20BrFN2/c1-10-3-2-6-18(9-10)14(8-17)12-5-4-11(16)7-13(12)15/h4-5,7,10,14H,2-3,6,8-9,17H2,1H3. The van der Waals surface area contributed by atoms with E-state index in [2.05, 4.69) is 27.8 Å². The van der Waals surface area contributed by atoms with Gasteiger partial charge in [0.15, 0.2) is 0 Å². The number of halogens is 2. The zero-order chi connectivity index (χ0) is 13.1. The Morgan fingerprint density at radius 3 is 2.94 bits per heavy atom. The van der Waals surface area contributed by atoms with Gasteiger partial charge in [0.05, 0.1) is 0 Å². The second kappa shape index (κ2) is 6.13. The minimum atomic E-state index is -0.214. The quantitative estimate of drug-likeness (QED) is 0.927. The molecule has 2 nitrogen and oxygen atoms in total. The summed E-state index contributed by atoms with van der Waals surface area (Å²) in [5.41, 5.74) is 7.02. The maximum absolute atomic E-state index is 13.1. The van der Waals surface area contributed by atoms with E-state index in [9.17, 15) is 4.39 Å². The van der Waals surface area contributed by atoms with Gasteiger partial charge in [-0.2, -0.15) is 0 Å². The smallest absolute Gasteiger partial charge is 0.124 e. The third-order valence-corrected chi connectivity index (χ3v) is 4.36. The molecule has 1 fully saturated rings. The van der Waals surface area contributed by atoms with Gasteiger partial charge in [0.2, 0.25) is 0 Å². The Balaban J connectivity index is 2.21. The van der Waals surface area contributed by atoms with E-state index >= 15 is 0 Å². The maximum Gasteiger partial charge on any atom is 0.124 e. The Kier molecular flexibility index (Phi) is 4.76. The summed E-state index contributed by atoms with van der Waals surface area (Å²) in [5.74, 6) is 0.500. The van der Waals surface area contributed by atoms with Crippen molar-refractivity contribution in [1.82, 2.24) is 4.90 Å². The molecule has 0 saturated carbocycles. The highest BCUT2D eigenvalue weighted by Gasteiger charge is 2.25. The summed E-state index contributed by atoms with van der Waals surface area (Å²) in [5, 5.41) is 0. The SMILES string of the molecule is CC1CCCN(C(CN)c2ccc(F)cc2Br)C1. The average Bonchev–Trinajstić information content (AvgIpc) is 2.33. The van der Waals surface area contributed by atoms with Gasteiger partial charge in [-0.3, -0.25) is 4.90 Å². The zero-order valence-corrected chi connectivity index (χ0v) is 12.3. The van der Waals surface area contributed by atoms with Crippen LogP contribution >= 0.6 is 15.9 Å². The minimum absolute atomic E-state index is 0.183. The molecule has 0 bridgehead atoms. The molecular formula is C14H20BrFN2. The summed E-state index contributed by atoms with van der Waals surface area (Å²) >= 11 is 3.45. The lowest BCUT2D eigenvalue weighted by atomic mass is 9.96. The number of benzene rings is 1. The first kappa shape index (κ1) is 14.0. The van der Waals surface area contributed by atoms with E-state index < -0.39 is 0 Å². The maximum atomic E-state index is 13.1. The molecule has 0 spiro atoms. The van der Waals surface area contributed by atoms with Gasteiger partial charge in [-0.05, 0) is 43.0 Å². The topological polar surface area (TPSA) is 29.3 Å². The van der Waals surface area contributed by atoms with Crippen molar-refractivity contribution in [3.05, 3.63) is 34.1 Å². The summed E-state index contributed by atoms with van der Waals surface area (Å²) < 4.78 is 14.0. The Morgan fingerprint density at radius 1 is 1.56 bits per heavy atom. The highest BCUT2D eigenvalue weighted by molar-refractivity contribution is 9.10. The molecule has 1 aliphatic heterocycles. The van der Waals surface area contributed by atoms with Crippen molar-refractivity contribution in [2.24, 2.45) is 11.7 Å². The van der Waals surface area contributed by atoms with Gasteiger partial charge < -0.3 is 5.73 Å². The lowest BCUT2D eigenvalue weighted by Crippen LogP contribution is -2.40. The number of piperidine rings is 1. The molecular weight excluding hydrogens is 295 g/mol. The van der Waals surface area contributed by atoms with Crippen LogP contribution in [0.25, 0.3) is 0 Å². The normalized spacial score (nSPS) is 23.0. The number of hydrogen-bond acceptors (Lipinski definition) is 2. The summed E-state index contributed by atoms with van der Waals surface area (Å²) in [6, 6.07) is 5.06. The molecule has 4 heteroatoms. The predicted octanol–water partition coefficient (Wildman–Crippen LogP) is 3.32. The zero-order valence-electron chi connectivity index (χ0n) is 10.7. The molecule has 0 aromatic heterocycles. The fourth-order valence-corrected chi connectivity index (χ4v) is 3.37. The summed E-state index contributed by atoms with van der Waals surface area (Å²) in [4.78, 5) is 2.42. The highest BCUT2D eigenvalue weighted by atomic mass is 79.9. The average molecular weight is 315 g/mol. The molecule has 0 radical (unpaired) electrons. The highest BCUT2D eigenvalue weighted by Crippen LogP contribution is 2.31. The van der Waals surface area contributed by atoms with E-state index in [1.807, 2.05) is 6.07 Å². The van der Waals surface area contributed by atoms with Crippen LogP contribution in [0.15, 0.2) is 22.7 Å². The molecule has 1 aromatic carbocycles. The van der Waals surface area contributed by atoms with E-state index in [4.69, 9.17) is 5.73 Å². The second-order valence-electron chi connectivity index (χ2n) is 5.16. The molecule has 1 heterocycles. The summed E-state index contributed by atoms with van der Waals surface area (Å²) in [7, 11) is 0. The van der Waals surface area contributed by atoms with Gasteiger partial charge in [0.25, 0.3) is 0 Å². The number of nitrogens with zero attached hydrogens (tertiary/aromatic N) is 1. The first-order valence-electron chi connectivity index (χ1n) is 6.51. The molecule has 1 aliphatic rings. The van der Waals surface area contributed by atoms with E-state index in [0.29, 0.717) is 12.5 Å². The molecule has 1 saturated heterocycles. The number of nitrogens with two attached hydrogens (primary N) is 1. The van der Waals surface area contributed by atoms with E-state index in [-0.39, 0.29) is 11.9 Å². The molecule has 100 valence electrons. The van der Waals surface area contributed by atoms with Crippen LogP contribution in [0.3, 0.4) is 0 Å². The molecule has 2 atom stereocenters. The van der Waals surface area contributed by atoms with Crippen LogP contribution in [-0.4, -0.2) is 24.5 Å². The fraction of sp³-hybridized carbons (Fsp3) is 0.571. The van der Waals surface area contributed by atoms with Crippen molar-refractivity contribution in [2.45, 2.75) is 25.8 Å². The molecule has 2 rings (SSSR count). The van der Waals surface area contributed by atoms with Gasteiger partial charge in [-0.1, -0.05) is 28.9 Å². The molecule has 1 aromatic rings. The Hall–Kier alpha value is -0.450. The van der Waals surface area contributed by atoms with Crippen molar-refractivity contribution in [3.8, 4) is 0 Å². The van der Waals surface area contributed by atoms with Crippen LogP contribution in [0.5, 0.6) is 0 Å². The van der Waals surface area contributed by atoms with Crippen LogP contribution < -0.4 is 5.73 Å². The number of likely N-dealkylation sites (tertiary alicyclic amines) is 1. The number of hydrogen-bond donors (Lipinski definition) is 1. The van der Waals surface area contributed by atoms with Gasteiger partial charge in [-0.25, -0.2) is 4.39 Å². The lowest BCUT2D eigenvalue weighted by Gasteiger charge is -2.37. The van der Waals surface area contributed by atoms with Crippen LogP contribution in [0.2, 0.25) is 0 Å². The second-order valence-corrected chi connectivity index (χ2v) is 6.01. The van der Waals surface area contributed by atoms with E-state index in [1.165, 1.54) is 25.0 Å². The van der Waals surface area contributed by atoms with Crippen molar-refractivity contribution in [1.29, 1.82) is 0 Å². The summed E-state index contributed by atoms with van der Waals surface area (Å²) in [6.45, 7) is 5.00. The van der Waals surface area contributed by atoms with E-state index in [1.54, 1.807) is 0 Å². The van der Waals surface area contributed by atoms with Crippen LogP contribution in [0.4, 0.5) is 4.39 Å². The van der Waals surface area contributed by atoms with Crippen molar-refractivity contribution in [3.63, 3.8) is 0 Å². The van der Waals surface area contributed by atoms with E-state index in [0.717, 1.165) is 23.1 Å². The van der Waals surface area contributed by atoms with Gasteiger partial charge in [0, 0.05) is 23.6 Å². The van der Waals surface area contributed by atoms with Gasteiger partial charge >= 0.3 is 0 Å². The predicted molar refractivity (Wildman–Crippen MR) is 75.9 cm³/mol. The van der Waals surface area contributed by atoms with Crippen molar-refractivity contribution in [2.75, 3.05) is 19.6 Å². The molecule has 0 aliphatic carbocycles. The monoisotopic (exact) mass is 314 g/mol. The number of rotatable bonds is 3. The Bertz CT molecular complexity index is 411. The van der Waals surface area contributed by atoms with Crippen LogP contribution in [-0.2, 0) is 0 Å². The van der Waals surface area contributed by atoms with Gasteiger partial charge in [-0.15, -0.1) is 0 Å². The third-order valence-electron chi connectivity index (χ3n) is 3.67. The first-order chi connectivity index (χ1) is 8.61. The third kappa shape index (κ3) is 3.11. The molecule has 18 heavy (non-hydrogen) atoms. The molecule has 0 amide bonds. The largest absolute Gasteiger partial charge is 0.329 e. The Labute approximate surface area is 116 Å². The Morgan fingerprint density at radius 2 is 2.33 bits per heavy atom. The molecule has 2 unspecified atom stereocenters. The van der Waals surface area contributed by atoms with Crippen LogP contribution in [0.1, 0.15) is 31.4 Å². The first-order valence-corrected chi connectivity index (χ1v) is 7.30.